The molecule has 2 aromatic rings. The zero-order valence-electron chi connectivity index (χ0n) is 11.1. The molecular weight excluding hydrogens is 289 g/mol. The van der Waals surface area contributed by atoms with Crippen LogP contribution in [-0.2, 0) is 11.3 Å². The van der Waals surface area contributed by atoms with E-state index >= 15 is 0 Å². The molecule has 0 saturated carbocycles. The molecule has 21 heavy (non-hydrogen) atoms. The van der Waals surface area contributed by atoms with Gasteiger partial charge in [-0.05, 0) is 29.8 Å². The molecule has 0 amide bonds. The van der Waals surface area contributed by atoms with Gasteiger partial charge in [0.25, 0.3) is 0 Å². The molecule has 0 aliphatic rings. The second kappa shape index (κ2) is 6.53. The SMILES string of the molecule is CC(COCc1ccc(OC(F)(F)F)cc1)n1ncnn1. The molecule has 0 N–H and O–H groups in total. The summed E-state index contributed by atoms with van der Waals surface area (Å²) in [6.45, 7) is 2.49. The summed E-state index contributed by atoms with van der Waals surface area (Å²) >= 11 is 0. The maximum Gasteiger partial charge on any atom is 0.573 e. The van der Waals surface area contributed by atoms with Crippen LogP contribution in [0.2, 0.25) is 0 Å². The van der Waals surface area contributed by atoms with Crippen molar-refractivity contribution < 1.29 is 22.6 Å². The Hall–Kier alpha value is -2.16. The van der Waals surface area contributed by atoms with Crippen molar-refractivity contribution in [1.29, 1.82) is 0 Å². The van der Waals surface area contributed by atoms with E-state index < -0.39 is 6.36 Å². The largest absolute Gasteiger partial charge is 0.573 e. The van der Waals surface area contributed by atoms with Crippen molar-refractivity contribution in [1.82, 2.24) is 20.2 Å². The maximum absolute atomic E-state index is 12.0. The summed E-state index contributed by atoms with van der Waals surface area (Å²) in [5.41, 5.74) is 0.739. The summed E-state index contributed by atoms with van der Waals surface area (Å²) in [6, 6.07) is 5.43. The van der Waals surface area contributed by atoms with Crippen LogP contribution in [0.4, 0.5) is 13.2 Å². The van der Waals surface area contributed by atoms with Crippen molar-refractivity contribution in [2.75, 3.05) is 6.61 Å². The van der Waals surface area contributed by atoms with Crippen molar-refractivity contribution >= 4 is 0 Å². The monoisotopic (exact) mass is 302 g/mol. The molecule has 0 saturated heterocycles. The Bertz CT molecular complexity index is 543. The van der Waals surface area contributed by atoms with Crippen LogP contribution in [-0.4, -0.2) is 33.2 Å². The summed E-state index contributed by atoms with van der Waals surface area (Å²) in [4.78, 5) is 1.42. The highest BCUT2D eigenvalue weighted by Gasteiger charge is 2.30. The van der Waals surface area contributed by atoms with Gasteiger partial charge in [0, 0.05) is 0 Å². The Balaban J connectivity index is 1.78. The fraction of sp³-hybridized carbons (Fsp3) is 0.417. The number of tetrazole rings is 1. The third kappa shape index (κ3) is 5.03. The molecule has 0 aliphatic carbocycles. The molecule has 0 radical (unpaired) electrons. The topological polar surface area (TPSA) is 62.1 Å². The van der Waals surface area contributed by atoms with Gasteiger partial charge in [0.15, 0.2) is 6.33 Å². The molecule has 1 aromatic heterocycles. The molecular formula is C12H13F3N4O2. The minimum atomic E-state index is -4.68. The van der Waals surface area contributed by atoms with E-state index in [0.29, 0.717) is 6.61 Å². The number of hydrogen-bond donors (Lipinski definition) is 0. The summed E-state index contributed by atoms with van der Waals surface area (Å²) in [7, 11) is 0. The lowest BCUT2D eigenvalue weighted by atomic mass is 10.2. The van der Waals surface area contributed by atoms with Crippen molar-refractivity contribution in [2.45, 2.75) is 25.9 Å². The molecule has 0 fully saturated rings. The molecule has 114 valence electrons. The average Bonchev–Trinajstić information content (AvgIpc) is 2.93. The van der Waals surface area contributed by atoms with Crippen molar-refractivity contribution in [3.05, 3.63) is 36.2 Å². The molecule has 1 heterocycles. The van der Waals surface area contributed by atoms with Crippen molar-refractivity contribution in [2.24, 2.45) is 0 Å². The van der Waals surface area contributed by atoms with Crippen LogP contribution in [0.3, 0.4) is 0 Å². The molecule has 9 heteroatoms. The van der Waals surface area contributed by atoms with Crippen LogP contribution in [0.15, 0.2) is 30.6 Å². The molecule has 0 bridgehead atoms. The minimum absolute atomic E-state index is 0.0830. The molecule has 2 rings (SSSR count). The quantitative estimate of drug-likeness (QED) is 0.819. The highest BCUT2D eigenvalue weighted by molar-refractivity contribution is 5.27. The Kier molecular flexibility index (Phi) is 4.73. The molecule has 6 nitrogen and oxygen atoms in total. The van der Waals surface area contributed by atoms with Crippen LogP contribution >= 0.6 is 0 Å². The Morgan fingerprint density at radius 1 is 1.24 bits per heavy atom. The summed E-state index contributed by atoms with van der Waals surface area (Å²) in [6.07, 6.45) is -3.35. The summed E-state index contributed by atoms with van der Waals surface area (Å²) in [5, 5.41) is 11.2. The van der Waals surface area contributed by atoms with Gasteiger partial charge in [0.2, 0.25) is 0 Å². The number of aromatic nitrogens is 4. The van der Waals surface area contributed by atoms with Crippen LogP contribution in [0.1, 0.15) is 18.5 Å². The summed E-state index contributed by atoms with van der Waals surface area (Å²) in [5.74, 6) is -0.258. The number of nitrogens with zero attached hydrogens (tertiary/aromatic N) is 4. The number of halogens is 3. The third-order valence-electron chi connectivity index (χ3n) is 2.54. The third-order valence-corrected chi connectivity index (χ3v) is 2.54. The van der Waals surface area contributed by atoms with Crippen LogP contribution in [0.25, 0.3) is 0 Å². The average molecular weight is 302 g/mol. The molecule has 1 aromatic carbocycles. The van der Waals surface area contributed by atoms with Gasteiger partial charge in [-0.1, -0.05) is 12.1 Å². The lowest BCUT2D eigenvalue weighted by Gasteiger charge is -2.11. The lowest BCUT2D eigenvalue weighted by molar-refractivity contribution is -0.274. The van der Waals surface area contributed by atoms with E-state index in [2.05, 4.69) is 20.1 Å². The fourth-order valence-electron chi connectivity index (χ4n) is 1.58. The van der Waals surface area contributed by atoms with Gasteiger partial charge in [0.05, 0.1) is 19.3 Å². The van der Waals surface area contributed by atoms with Gasteiger partial charge >= 0.3 is 6.36 Å². The first-order valence-electron chi connectivity index (χ1n) is 6.09. The van der Waals surface area contributed by atoms with Crippen LogP contribution in [0.5, 0.6) is 5.75 Å². The van der Waals surface area contributed by atoms with Gasteiger partial charge < -0.3 is 9.47 Å². The highest BCUT2D eigenvalue weighted by atomic mass is 19.4. The van der Waals surface area contributed by atoms with Crippen molar-refractivity contribution in [3.63, 3.8) is 0 Å². The van der Waals surface area contributed by atoms with Gasteiger partial charge in [0.1, 0.15) is 5.75 Å². The zero-order valence-corrected chi connectivity index (χ0v) is 11.1. The normalized spacial score (nSPS) is 13.1. The van der Waals surface area contributed by atoms with E-state index in [0.717, 1.165) is 5.56 Å². The number of ether oxygens (including phenoxy) is 2. The molecule has 0 aliphatic heterocycles. The molecule has 0 spiro atoms. The van der Waals surface area contributed by atoms with Crippen LogP contribution in [0, 0.1) is 0 Å². The predicted octanol–water partition coefficient (Wildman–Crippen LogP) is 2.35. The highest BCUT2D eigenvalue weighted by Crippen LogP contribution is 2.22. The number of alkyl halides is 3. The van der Waals surface area contributed by atoms with Gasteiger partial charge in [-0.3, -0.25) is 0 Å². The number of hydrogen-bond acceptors (Lipinski definition) is 5. The molecule has 1 unspecified atom stereocenters. The standard InChI is InChI=1S/C12H13F3N4O2/c1-9(19-17-8-16-18-19)6-20-7-10-2-4-11(5-3-10)21-12(13,14)15/h2-5,8-9H,6-7H2,1H3. The lowest BCUT2D eigenvalue weighted by Crippen LogP contribution is -2.17. The van der Waals surface area contributed by atoms with Crippen LogP contribution < -0.4 is 4.74 Å². The van der Waals surface area contributed by atoms with Gasteiger partial charge in [-0.15, -0.1) is 23.4 Å². The second-order valence-electron chi connectivity index (χ2n) is 4.31. The van der Waals surface area contributed by atoms with E-state index in [1.165, 1.54) is 35.4 Å². The van der Waals surface area contributed by atoms with Gasteiger partial charge in [-0.25, -0.2) is 0 Å². The Morgan fingerprint density at radius 2 is 1.95 bits per heavy atom. The first kappa shape index (κ1) is 15.2. The van der Waals surface area contributed by atoms with E-state index in [1.807, 2.05) is 6.92 Å². The fourth-order valence-corrected chi connectivity index (χ4v) is 1.58. The summed E-state index contributed by atoms with van der Waals surface area (Å²) < 4.78 is 45.2. The first-order chi connectivity index (χ1) is 9.94. The Labute approximate surface area is 118 Å². The van der Waals surface area contributed by atoms with Crippen molar-refractivity contribution in [3.8, 4) is 5.75 Å². The Morgan fingerprint density at radius 3 is 2.52 bits per heavy atom. The smallest absolute Gasteiger partial charge is 0.406 e. The van der Waals surface area contributed by atoms with E-state index in [1.54, 1.807) is 0 Å². The first-order valence-corrected chi connectivity index (χ1v) is 6.09. The van der Waals surface area contributed by atoms with E-state index in [9.17, 15) is 13.2 Å². The zero-order chi connectivity index (χ0) is 15.3. The number of benzene rings is 1. The minimum Gasteiger partial charge on any atom is -0.406 e. The predicted molar refractivity (Wildman–Crippen MR) is 65.3 cm³/mol. The number of rotatable bonds is 6. The second-order valence-corrected chi connectivity index (χ2v) is 4.31. The van der Waals surface area contributed by atoms with Gasteiger partial charge in [-0.2, -0.15) is 4.80 Å². The maximum atomic E-state index is 12.0. The molecule has 1 atom stereocenters. The van der Waals surface area contributed by atoms with E-state index in [-0.39, 0.29) is 18.4 Å². The van der Waals surface area contributed by atoms with E-state index in [4.69, 9.17) is 4.74 Å².